The van der Waals surface area contributed by atoms with Crippen LogP contribution in [0, 0.1) is 20.2 Å². The molecule has 18 heteroatoms. The van der Waals surface area contributed by atoms with E-state index in [4.69, 9.17) is 4.74 Å². The van der Waals surface area contributed by atoms with Crippen molar-refractivity contribution in [3.05, 3.63) is 98.3 Å². The molecule has 264 valence electrons. The van der Waals surface area contributed by atoms with Crippen molar-refractivity contribution < 1.29 is 36.2 Å². The number of carbonyl (C=O) groups is 1. The molecule has 2 heterocycles. The minimum atomic E-state index is -4.45. The lowest BCUT2D eigenvalue weighted by Crippen LogP contribution is -2.40. The molecule has 4 rings (SSSR count). The number of nitro groups is 2. The Labute approximate surface area is 284 Å². The molecule has 1 aromatic heterocycles. The highest BCUT2D eigenvalue weighted by Gasteiger charge is 2.34. The first-order valence-corrected chi connectivity index (χ1v) is 18.2. The molecule has 0 fully saturated rings. The van der Waals surface area contributed by atoms with E-state index in [-0.39, 0.29) is 70.0 Å². The largest absolute Gasteiger partial charge is 0.459 e. The number of pyridine rings is 1. The molecule has 0 aliphatic carbocycles. The molecule has 0 amide bonds. The monoisotopic (exact) mass is 718 g/mol. The van der Waals surface area contributed by atoms with Gasteiger partial charge in [0, 0.05) is 25.2 Å². The number of sulfonamides is 2. The van der Waals surface area contributed by atoms with Crippen molar-refractivity contribution in [1.29, 1.82) is 0 Å². The minimum absolute atomic E-state index is 0.0801. The fourth-order valence-corrected chi connectivity index (χ4v) is 8.55. The smallest absolute Gasteiger partial charge is 0.320 e. The second-order valence-corrected chi connectivity index (χ2v) is 16.1. The number of nitrogens with zero attached hydrogens (tertiary/aromatic N) is 6. The Kier molecular flexibility index (Phi) is 11.8. The summed E-state index contributed by atoms with van der Waals surface area (Å²) in [6, 6.07) is 14.7. The third kappa shape index (κ3) is 9.63. The zero-order valence-electron chi connectivity index (χ0n) is 27.3. The van der Waals surface area contributed by atoms with Gasteiger partial charge >= 0.3 is 5.97 Å². The highest BCUT2D eigenvalue weighted by molar-refractivity contribution is 7.89. The van der Waals surface area contributed by atoms with Crippen molar-refractivity contribution in [2.75, 3.05) is 32.7 Å². The fourth-order valence-electron chi connectivity index (χ4n) is 5.33. The molecule has 0 N–H and O–H groups in total. The number of aromatic nitrogens is 1. The number of rotatable bonds is 8. The van der Waals surface area contributed by atoms with Crippen molar-refractivity contribution in [3.63, 3.8) is 0 Å². The van der Waals surface area contributed by atoms with Gasteiger partial charge in [-0.05, 0) is 71.0 Å². The number of fused-ring (bicyclic) bond motifs is 2. The number of para-hydroxylation sites is 2. The zero-order chi connectivity index (χ0) is 36.0. The third-order valence-electron chi connectivity index (χ3n) is 7.44. The average molecular weight is 719 g/mol. The summed E-state index contributed by atoms with van der Waals surface area (Å²) in [4.78, 5) is 40.0. The highest BCUT2D eigenvalue weighted by Crippen LogP contribution is 2.29. The summed E-state index contributed by atoms with van der Waals surface area (Å²) in [5, 5.41) is 23.5. The minimum Gasteiger partial charge on any atom is -0.459 e. The predicted molar refractivity (Wildman–Crippen MR) is 177 cm³/mol. The molecule has 0 saturated heterocycles. The Balaban J connectivity index is 1.76. The Hall–Kier alpha value is -4.36. The highest BCUT2D eigenvalue weighted by atomic mass is 32.2. The summed E-state index contributed by atoms with van der Waals surface area (Å²) in [5.41, 5.74) is -1.47. The van der Waals surface area contributed by atoms with E-state index in [1.165, 1.54) is 24.3 Å². The number of ether oxygens (including phenoxy) is 1. The van der Waals surface area contributed by atoms with Gasteiger partial charge in [-0.3, -0.25) is 34.9 Å². The summed E-state index contributed by atoms with van der Waals surface area (Å²) in [6.45, 7) is 4.59. The van der Waals surface area contributed by atoms with Crippen LogP contribution in [0.15, 0.2) is 76.5 Å². The molecule has 0 atom stereocenters. The molecule has 2 bridgehead atoms. The Morgan fingerprint density at radius 2 is 1.16 bits per heavy atom. The lowest BCUT2D eigenvalue weighted by molar-refractivity contribution is -0.388. The molecule has 16 nitrogen and oxygen atoms in total. The molecule has 2 aromatic carbocycles. The topological polar surface area (TPSA) is 203 Å². The Bertz CT molecular complexity index is 1800. The standard InChI is InChI=1S/C31H38N6O10S2/c1-31(2,3)47-30(38)23-33-17-9-19-34(48(43,44)28-15-6-4-13-26(28)36(39)40)21-24-11-8-12-25(32-24)22-35(20-10-18-33)49(45,46)29-16-7-5-14-27(29)37(41)42/h4-8,11-16H,9-10,17-23H2,1-3H3. The maximum Gasteiger partial charge on any atom is 0.320 e. The normalized spacial score (nSPS) is 16.4. The van der Waals surface area contributed by atoms with Crippen LogP contribution in [0.5, 0.6) is 0 Å². The van der Waals surface area contributed by atoms with Gasteiger partial charge in [0.05, 0.1) is 40.9 Å². The van der Waals surface area contributed by atoms with Gasteiger partial charge in [0.2, 0.25) is 20.0 Å². The van der Waals surface area contributed by atoms with E-state index in [1.54, 1.807) is 43.9 Å². The van der Waals surface area contributed by atoms with Crippen LogP contribution in [0.2, 0.25) is 0 Å². The van der Waals surface area contributed by atoms with Crippen molar-refractivity contribution in [2.24, 2.45) is 0 Å². The number of hydrogen-bond donors (Lipinski definition) is 0. The van der Waals surface area contributed by atoms with E-state index in [9.17, 15) is 41.9 Å². The number of hydrogen-bond acceptors (Lipinski definition) is 12. The number of benzene rings is 2. The van der Waals surface area contributed by atoms with Crippen LogP contribution in [0.1, 0.15) is 45.0 Å². The molecule has 3 aromatic rings. The third-order valence-corrected chi connectivity index (χ3v) is 11.2. The summed E-state index contributed by atoms with van der Waals surface area (Å²) in [5.74, 6) is -0.540. The van der Waals surface area contributed by atoms with Crippen LogP contribution >= 0.6 is 0 Å². The van der Waals surface area contributed by atoms with Gasteiger partial charge < -0.3 is 4.74 Å². The van der Waals surface area contributed by atoms with E-state index in [2.05, 4.69) is 4.98 Å². The first-order valence-electron chi connectivity index (χ1n) is 15.4. The Morgan fingerprint density at radius 1 is 0.735 bits per heavy atom. The van der Waals surface area contributed by atoms with Crippen molar-refractivity contribution in [3.8, 4) is 0 Å². The van der Waals surface area contributed by atoms with Gasteiger partial charge in [-0.1, -0.05) is 30.3 Å². The van der Waals surface area contributed by atoms with E-state index in [0.717, 1.165) is 32.9 Å². The van der Waals surface area contributed by atoms with Crippen molar-refractivity contribution in [1.82, 2.24) is 18.5 Å². The van der Waals surface area contributed by atoms with Crippen LogP contribution in [0.3, 0.4) is 0 Å². The Morgan fingerprint density at radius 3 is 1.57 bits per heavy atom. The lowest BCUT2D eigenvalue weighted by atomic mass is 10.2. The fraction of sp³-hybridized carbons (Fsp3) is 0.419. The predicted octanol–water partition coefficient (Wildman–Crippen LogP) is 3.72. The van der Waals surface area contributed by atoms with Gasteiger partial charge in [0.15, 0.2) is 9.79 Å². The van der Waals surface area contributed by atoms with Gasteiger partial charge in [0.1, 0.15) is 5.60 Å². The molecule has 0 radical (unpaired) electrons. The summed E-state index contributed by atoms with van der Waals surface area (Å²) in [7, 11) is -8.90. The lowest BCUT2D eigenvalue weighted by Gasteiger charge is -2.28. The van der Waals surface area contributed by atoms with Crippen molar-refractivity contribution >= 4 is 37.4 Å². The van der Waals surface area contributed by atoms with E-state index < -0.39 is 62.6 Å². The zero-order valence-corrected chi connectivity index (χ0v) is 28.9. The summed E-state index contributed by atoms with van der Waals surface area (Å²) >= 11 is 0. The van der Waals surface area contributed by atoms with Crippen LogP contribution in [-0.4, -0.2) is 89.5 Å². The van der Waals surface area contributed by atoms with E-state index in [0.29, 0.717) is 0 Å². The molecular formula is C31H38N6O10S2. The maximum absolute atomic E-state index is 14.0. The van der Waals surface area contributed by atoms with E-state index in [1.807, 2.05) is 0 Å². The van der Waals surface area contributed by atoms with Gasteiger partial charge in [0.25, 0.3) is 11.4 Å². The number of carbonyl (C=O) groups excluding carboxylic acids is 1. The second kappa shape index (κ2) is 15.5. The summed E-state index contributed by atoms with van der Waals surface area (Å²) in [6.07, 6.45) is 0.390. The quantitative estimate of drug-likeness (QED) is 0.186. The average Bonchev–Trinajstić information content (AvgIpc) is 3.02. The van der Waals surface area contributed by atoms with Crippen LogP contribution in [-0.2, 0) is 42.7 Å². The SMILES string of the molecule is CC(C)(C)OC(=O)CN1CCCN(S(=O)(=O)c2ccccc2[N+](=O)[O-])Cc2cccc(n2)CN(S(=O)(=O)c2ccccc2[N+](=O)[O-])CCC1. The summed E-state index contributed by atoms with van der Waals surface area (Å²) < 4.78 is 63.4. The maximum atomic E-state index is 14.0. The molecule has 49 heavy (non-hydrogen) atoms. The van der Waals surface area contributed by atoms with Gasteiger partial charge in [-0.25, -0.2) is 16.8 Å². The molecular weight excluding hydrogens is 681 g/mol. The first kappa shape index (κ1) is 37.5. The second-order valence-electron chi connectivity index (χ2n) is 12.3. The molecule has 1 aliphatic heterocycles. The number of nitro benzene ring substituents is 2. The molecule has 0 saturated carbocycles. The van der Waals surface area contributed by atoms with Crippen LogP contribution in [0.25, 0.3) is 0 Å². The molecule has 1 aliphatic rings. The van der Waals surface area contributed by atoms with Crippen LogP contribution in [0.4, 0.5) is 11.4 Å². The van der Waals surface area contributed by atoms with E-state index >= 15 is 0 Å². The molecule has 0 spiro atoms. The first-order chi connectivity index (χ1) is 23.0. The van der Waals surface area contributed by atoms with Gasteiger partial charge in [-0.15, -0.1) is 0 Å². The van der Waals surface area contributed by atoms with Gasteiger partial charge in [-0.2, -0.15) is 8.61 Å². The number of esters is 1. The molecule has 0 unspecified atom stereocenters. The van der Waals surface area contributed by atoms with Crippen molar-refractivity contribution in [2.45, 2.75) is 62.1 Å². The van der Waals surface area contributed by atoms with Crippen LogP contribution < -0.4 is 0 Å².